The van der Waals surface area contributed by atoms with E-state index >= 15 is 0 Å². The van der Waals surface area contributed by atoms with Crippen molar-refractivity contribution in [2.75, 3.05) is 0 Å². The highest BCUT2D eigenvalue weighted by Gasteiger charge is 2.33. The largest absolute Gasteiger partial charge is 0.417 e. The van der Waals surface area contributed by atoms with Gasteiger partial charge < -0.3 is 0 Å². The highest BCUT2D eigenvalue weighted by Crippen LogP contribution is 2.37. The Morgan fingerprint density at radius 1 is 1.00 bits per heavy atom. The van der Waals surface area contributed by atoms with Gasteiger partial charge in [-0.3, -0.25) is 0 Å². The molecule has 2 rings (SSSR count). The van der Waals surface area contributed by atoms with E-state index in [4.69, 9.17) is 0 Å². The SMILES string of the molecule is Fc1ccc(-c2ccccc2C(F)(F)F)cc1CBr. The maximum atomic E-state index is 13.4. The Hall–Kier alpha value is -1.36. The van der Waals surface area contributed by atoms with Gasteiger partial charge in [0.05, 0.1) is 5.56 Å². The van der Waals surface area contributed by atoms with Crippen LogP contribution in [-0.2, 0) is 11.5 Å². The van der Waals surface area contributed by atoms with Gasteiger partial charge in [-0.25, -0.2) is 4.39 Å². The quantitative estimate of drug-likeness (QED) is 0.509. The number of alkyl halides is 4. The molecule has 0 heterocycles. The molecule has 0 aliphatic carbocycles. The molecule has 0 atom stereocenters. The fraction of sp³-hybridized carbons (Fsp3) is 0.143. The second-order valence-electron chi connectivity index (χ2n) is 3.98. The van der Waals surface area contributed by atoms with Crippen LogP contribution in [0.3, 0.4) is 0 Å². The predicted molar refractivity (Wildman–Crippen MR) is 69.5 cm³/mol. The Balaban J connectivity index is 2.59. The van der Waals surface area contributed by atoms with E-state index in [1.54, 1.807) is 0 Å². The van der Waals surface area contributed by atoms with Crippen LogP contribution in [0.25, 0.3) is 11.1 Å². The van der Waals surface area contributed by atoms with Gasteiger partial charge in [0.25, 0.3) is 0 Å². The molecule has 0 fully saturated rings. The average Bonchev–Trinajstić information content (AvgIpc) is 2.38. The van der Waals surface area contributed by atoms with Crippen molar-refractivity contribution in [3.05, 3.63) is 59.4 Å². The molecule has 19 heavy (non-hydrogen) atoms. The first kappa shape index (κ1) is 14.1. The summed E-state index contributed by atoms with van der Waals surface area (Å²) in [4.78, 5) is 0. The summed E-state index contributed by atoms with van der Waals surface area (Å²) in [5.74, 6) is -0.440. The van der Waals surface area contributed by atoms with Crippen LogP contribution in [0, 0.1) is 5.82 Å². The van der Waals surface area contributed by atoms with Crippen LogP contribution in [0.2, 0.25) is 0 Å². The molecule has 0 aromatic heterocycles. The Morgan fingerprint density at radius 2 is 1.68 bits per heavy atom. The van der Waals surface area contributed by atoms with Crippen LogP contribution in [0.4, 0.5) is 17.6 Å². The number of benzene rings is 2. The van der Waals surface area contributed by atoms with Crippen molar-refractivity contribution < 1.29 is 17.6 Å². The Kier molecular flexibility index (Phi) is 3.94. The number of rotatable bonds is 2. The van der Waals surface area contributed by atoms with E-state index in [1.165, 1.54) is 36.4 Å². The summed E-state index contributed by atoms with van der Waals surface area (Å²) >= 11 is 3.11. The first-order chi connectivity index (χ1) is 8.93. The monoisotopic (exact) mass is 332 g/mol. The van der Waals surface area contributed by atoms with Crippen LogP contribution in [0.15, 0.2) is 42.5 Å². The molecule has 2 aromatic carbocycles. The molecule has 100 valence electrons. The molecule has 0 N–H and O–H groups in total. The van der Waals surface area contributed by atoms with Gasteiger partial charge in [0, 0.05) is 5.33 Å². The van der Waals surface area contributed by atoms with Gasteiger partial charge in [0.15, 0.2) is 0 Å². The minimum Gasteiger partial charge on any atom is -0.207 e. The van der Waals surface area contributed by atoms with E-state index < -0.39 is 17.6 Å². The summed E-state index contributed by atoms with van der Waals surface area (Å²) in [6.07, 6.45) is -4.43. The fourth-order valence-corrected chi connectivity index (χ4v) is 2.26. The maximum Gasteiger partial charge on any atom is 0.417 e. The summed E-state index contributed by atoms with van der Waals surface area (Å²) in [5.41, 5.74) is 0.0117. The molecule has 0 radical (unpaired) electrons. The van der Waals surface area contributed by atoms with Crippen LogP contribution in [0.1, 0.15) is 11.1 Å². The van der Waals surface area contributed by atoms with Gasteiger partial charge in [0.2, 0.25) is 0 Å². The lowest BCUT2D eigenvalue weighted by Gasteiger charge is -2.13. The minimum absolute atomic E-state index is 0.0530. The van der Waals surface area contributed by atoms with E-state index in [-0.39, 0.29) is 10.9 Å². The maximum absolute atomic E-state index is 13.4. The normalized spacial score (nSPS) is 11.6. The number of hydrogen-bond donors (Lipinski definition) is 0. The van der Waals surface area contributed by atoms with Gasteiger partial charge in [-0.2, -0.15) is 13.2 Å². The molecular weight excluding hydrogens is 324 g/mol. The molecule has 2 aromatic rings. The smallest absolute Gasteiger partial charge is 0.207 e. The number of halogens is 5. The number of hydrogen-bond acceptors (Lipinski definition) is 0. The van der Waals surface area contributed by atoms with Gasteiger partial charge in [-0.15, -0.1) is 0 Å². The third kappa shape index (κ3) is 2.97. The highest BCUT2D eigenvalue weighted by atomic mass is 79.9. The van der Waals surface area contributed by atoms with Crippen molar-refractivity contribution in [2.45, 2.75) is 11.5 Å². The minimum atomic E-state index is -4.43. The molecule has 0 aliphatic heterocycles. The van der Waals surface area contributed by atoms with Gasteiger partial charge >= 0.3 is 6.18 Å². The first-order valence-corrected chi connectivity index (χ1v) is 6.56. The van der Waals surface area contributed by atoms with Crippen LogP contribution < -0.4 is 0 Å². The molecule has 0 aliphatic rings. The molecule has 0 saturated heterocycles. The van der Waals surface area contributed by atoms with Crippen molar-refractivity contribution in [1.29, 1.82) is 0 Å². The summed E-state index contributed by atoms with van der Waals surface area (Å²) in [7, 11) is 0. The Labute approximate surface area is 116 Å². The van der Waals surface area contributed by atoms with Gasteiger partial charge in [-0.1, -0.05) is 40.2 Å². The van der Waals surface area contributed by atoms with E-state index in [1.807, 2.05) is 0 Å². The predicted octanol–water partition coefficient (Wildman–Crippen LogP) is 5.41. The lowest BCUT2D eigenvalue weighted by atomic mass is 9.98. The molecule has 0 nitrogen and oxygen atoms in total. The molecular formula is C14H9BrF4. The zero-order valence-electron chi connectivity index (χ0n) is 9.64. The van der Waals surface area contributed by atoms with E-state index in [9.17, 15) is 17.6 Å². The van der Waals surface area contributed by atoms with Gasteiger partial charge in [0.1, 0.15) is 5.82 Å². The molecule has 5 heteroatoms. The van der Waals surface area contributed by atoms with E-state index in [0.29, 0.717) is 11.1 Å². The Morgan fingerprint density at radius 3 is 2.32 bits per heavy atom. The molecule has 0 saturated carbocycles. The first-order valence-electron chi connectivity index (χ1n) is 5.44. The van der Waals surface area contributed by atoms with Crippen molar-refractivity contribution in [1.82, 2.24) is 0 Å². The second-order valence-corrected chi connectivity index (χ2v) is 4.54. The standard InChI is InChI=1S/C14H9BrF4/c15-8-10-7-9(5-6-13(10)16)11-3-1-2-4-12(11)14(17,18)19/h1-7H,8H2. The molecule has 0 unspecified atom stereocenters. The van der Waals surface area contributed by atoms with Crippen molar-refractivity contribution in [3.8, 4) is 11.1 Å². The second kappa shape index (κ2) is 5.33. The van der Waals surface area contributed by atoms with Crippen LogP contribution in [0.5, 0.6) is 0 Å². The topological polar surface area (TPSA) is 0 Å². The lowest BCUT2D eigenvalue weighted by Crippen LogP contribution is -2.07. The third-order valence-electron chi connectivity index (χ3n) is 2.73. The molecule has 0 bridgehead atoms. The Bertz CT molecular complexity index is 590. The van der Waals surface area contributed by atoms with E-state index in [0.717, 1.165) is 6.07 Å². The lowest BCUT2D eigenvalue weighted by molar-refractivity contribution is -0.137. The molecule has 0 spiro atoms. The van der Waals surface area contributed by atoms with Crippen molar-refractivity contribution >= 4 is 15.9 Å². The zero-order chi connectivity index (χ0) is 14.0. The summed E-state index contributed by atoms with van der Waals surface area (Å²) in [6, 6.07) is 9.23. The average molecular weight is 333 g/mol. The van der Waals surface area contributed by atoms with Crippen molar-refractivity contribution in [3.63, 3.8) is 0 Å². The van der Waals surface area contributed by atoms with Gasteiger partial charge in [-0.05, 0) is 34.9 Å². The zero-order valence-corrected chi connectivity index (χ0v) is 11.2. The third-order valence-corrected chi connectivity index (χ3v) is 3.34. The fourth-order valence-electron chi connectivity index (χ4n) is 1.83. The summed E-state index contributed by atoms with van der Waals surface area (Å²) < 4.78 is 52.1. The molecule has 0 amide bonds. The van der Waals surface area contributed by atoms with E-state index in [2.05, 4.69) is 15.9 Å². The summed E-state index contributed by atoms with van der Waals surface area (Å²) in [6.45, 7) is 0. The van der Waals surface area contributed by atoms with Crippen LogP contribution in [-0.4, -0.2) is 0 Å². The summed E-state index contributed by atoms with van der Waals surface area (Å²) in [5, 5.41) is 0.251. The highest BCUT2D eigenvalue weighted by molar-refractivity contribution is 9.08. The van der Waals surface area contributed by atoms with Crippen molar-refractivity contribution in [2.24, 2.45) is 0 Å². The van der Waals surface area contributed by atoms with Crippen LogP contribution >= 0.6 is 15.9 Å².